The Kier molecular flexibility index (Phi) is 4.53. The van der Waals surface area contributed by atoms with E-state index in [1.54, 1.807) is 6.07 Å². The fraction of sp³-hybridized carbons (Fsp3) is 0.133. The fourth-order valence-corrected chi connectivity index (χ4v) is 2.45. The molecule has 0 heterocycles. The molecule has 0 aliphatic heterocycles. The lowest BCUT2D eigenvalue weighted by molar-refractivity contribution is -0.384. The van der Waals surface area contributed by atoms with Crippen molar-refractivity contribution in [3.05, 3.63) is 69.8 Å². The van der Waals surface area contributed by atoms with Gasteiger partial charge in [-0.3, -0.25) is 14.9 Å². The van der Waals surface area contributed by atoms with Crippen molar-refractivity contribution >= 4 is 23.2 Å². The van der Waals surface area contributed by atoms with E-state index in [2.05, 4.69) is 0 Å². The minimum atomic E-state index is -0.496. The summed E-state index contributed by atoms with van der Waals surface area (Å²) in [5.74, 6) is 0.156. The second-order valence-corrected chi connectivity index (χ2v) is 5.38. The number of nitro groups is 1. The normalized spacial score (nSPS) is 10.2. The number of benzene rings is 2. The van der Waals surface area contributed by atoms with E-state index in [0.29, 0.717) is 5.56 Å². The molecule has 20 heavy (non-hydrogen) atoms. The first-order valence-electron chi connectivity index (χ1n) is 6.03. The van der Waals surface area contributed by atoms with Gasteiger partial charge in [0.1, 0.15) is 0 Å². The first kappa shape index (κ1) is 14.3. The number of hydrogen-bond acceptors (Lipinski definition) is 4. The van der Waals surface area contributed by atoms with Gasteiger partial charge in [-0.25, -0.2) is 0 Å². The van der Waals surface area contributed by atoms with Crippen molar-refractivity contribution in [1.82, 2.24) is 0 Å². The molecular weight excluding hydrogens is 274 g/mol. The predicted molar refractivity (Wildman–Crippen MR) is 79.3 cm³/mol. The van der Waals surface area contributed by atoms with Gasteiger partial charge in [-0.2, -0.15) is 0 Å². The van der Waals surface area contributed by atoms with E-state index < -0.39 is 4.92 Å². The maximum atomic E-state index is 12.0. The standard InChI is InChI=1S/C15H13NO3S/c1-11-5-7-14(8-6-11)20-10-15(17)12-3-2-4-13(9-12)16(18)19/h2-9H,10H2,1H3. The summed E-state index contributed by atoms with van der Waals surface area (Å²) >= 11 is 1.43. The smallest absolute Gasteiger partial charge is 0.270 e. The Morgan fingerprint density at radius 3 is 2.55 bits per heavy atom. The van der Waals surface area contributed by atoms with Gasteiger partial charge in [-0.1, -0.05) is 29.8 Å². The molecule has 0 aromatic heterocycles. The maximum Gasteiger partial charge on any atom is 0.270 e. The molecule has 2 rings (SSSR count). The van der Waals surface area contributed by atoms with Gasteiger partial charge in [0, 0.05) is 22.6 Å². The molecule has 102 valence electrons. The van der Waals surface area contributed by atoms with Crippen molar-refractivity contribution in [2.24, 2.45) is 0 Å². The average molecular weight is 287 g/mol. The number of non-ortho nitro benzene ring substituents is 1. The van der Waals surface area contributed by atoms with Crippen LogP contribution in [0.3, 0.4) is 0 Å². The molecule has 0 amide bonds. The van der Waals surface area contributed by atoms with Crippen molar-refractivity contribution in [2.45, 2.75) is 11.8 Å². The van der Waals surface area contributed by atoms with Gasteiger partial charge in [0.05, 0.1) is 10.7 Å². The molecule has 0 atom stereocenters. The van der Waals surface area contributed by atoms with Crippen LogP contribution in [0.4, 0.5) is 5.69 Å². The quantitative estimate of drug-likeness (QED) is 0.362. The highest BCUT2D eigenvalue weighted by Crippen LogP contribution is 2.21. The summed E-state index contributed by atoms with van der Waals surface area (Å²) in [6, 6.07) is 13.7. The van der Waals surface area contributed by atoms with Crippen molar-refractivity contribution < 1.29 is 9.72 Å². The lowest BCUT2D eigenvalue weighted by Gasteiger charge is -2.02. The molecule has 0 unspecified atom stereocenters. The highest BCUT2D eigenvalue weighted by Gasteiger charge is 2.11. The van der Waals surface area contributed by atoms with Crippen LogP contribution in [-0.2, 0) is 0 Å². The highest BCUT2D eigenvalue weighted by atomic mass is 32.2. The van der Waals surface area contributed by atoms with E-state index in [4.69, 9.17) is 0 Å². The number of ketones is 1. The molecule has 0 saturated carbocycles. The first-order valence-corrected chi connectivity index (χ1v) is 7.02. The Labute approximate surface area is 121 Å². The topological polar surface area (TPSA) is 60.2 Å². The second-order valence-electron chi connectivity index (χ2n) is 4.33. The zero-order valence-electron chi connectivity index (χ0n) is 10.9. The SMILES string of the molecule is Cc1ccc(SCC(=O)c2cccc([N+](=O)[O-])c2)cc1. The van der Waals surface area contributed by atoms with E-state index in [1.165, 1.54) is 35.5 Å². The number of rotatable bonds is 5. The van der Waals surface area contributed by atoms with Crippen LogP contribution in [0.25, 0.3) is 0 Å². The molecule has 0 spiro atoms. The number of nitro benzene ring substituents is 1. The van der Waals surface area contributed by atoms with Gasteiger partial charge < -0.3 is 0 Å². The second kappa shape index (κ2) is 6.34. The van der Waals surface area contributed by atoms with Gasteiger partial charge in [0.15, 0.2) is 5.78 Å². The van der Waals surface area contributed by atoms with Crippen molar-refractivity contribution in [2.75, 3.05) is 5.75 Å². The van der Waals surface area contributed by atoms with Crippen LogP contribution in [-0.4, -0.2) is 16.5 Å². The van der Waals surface area contributed by atoms with Gasteiger partial charge in [0.2, 0.25) is 0 Å². The minimum absolute atomic E-state index is 0.0591. The van der Waals surface area contributed by atoms with Gasteiger partial charge in [-0.05, 0) is 19.1 Å². The largest absolute Gasteiger partial charge is 0.293 e. The third kappa shape index (κ3) is 3.68. The lowest BCUT2D eigenvalue weighted by atomic mass is 10.1. The van der Waals surface area contributed by atoms with Crippen molar-refractivity contribution in [3.63, 3.8) is 0 Å². The molecule has 0 saturated heterocycles. The van der Waals surface area contributed by atoms with Crippen LogP contribution < -0.4 is 0 Å². The number of aryl methyl sites for hydroxylation is 1. The van der Waals surface area contributed by atoms with Crippen LogP contribution in [0.15, 0.2) is 53.4 Å². The van der Waals surface area contributed by atoms with Crippen molar-refractivity contribution in [3.8, 4) is 0 Å². The molecular formula is C15H13NO3S. The van der Waals surface area contributed by atoms with Crippen LogP contribution in [0, 0.1) is 17.0 Å². The van der Waals surface area contributed by atoms with E-state index in [-0.39, 0.29) is 17.2 Å². The summed E-state index contributed by atoms with van der Waals surface area (Å²) in [5, 5.41) is 10.7. The number of hydrogen-bond donors (Lipinski definition) is 0. The van der Waals surface area contributed by atoms with E-state index in [0.717, 1.165) is 4.90 Å². The summed E-state index contributed by atoms with van der Waals surface area (Å²) < 4.78 is 0. The number of carbonyl (C=O) groups excluding carboxylic acids is 1. The Bertz CT molecular complexity index is 638. The van der Waals surface area contributed by atoms with Crippen LogP contribution in [0.1, 0.15) is 15.9 Å². The third-order valence-corrected chi connectivity index (χ3v) is 3.78. The van der Waals surface area contributed by atoms with E-state index in [9.17, 15) is 14.9 Å². The summed E-state index contributed by atoms with van der Waals surface area (Å²) in [6.07, 6.45) is 0. The molecule has 2 aromatic rings. The Balaban J connectivity index is 2.03. The lowest BCUT2D eigenvalue weighted by Crippen LogP contribution is -2.03. The summed E-state index contributed by atoms with van der Waals surface area (Å²) in [6.45, 7) is 2.00. The molecule has 5 heteroatoms. The van der Waals surface area contributed by atoms with E-state index in [1.807, 2.05) is 31.2 Å². The first-order chi connectivity index (χ1) is 9.56. The predicted octanol–water partition coefficient (Wildman–Crippen LogP) is 3.88. The van der Waals surface area contributed by atoms with Crippen LogP contribution >= 0.6 is 11.8 Å². The molecule has 0 aliphatic carbocycles. The molecule has 0 radical (unpaired) electrons. The number of nitrogens with zero attached hydrogens (tertiary/aromatic N) is 1. The molecule has 2 aromatic carbocycles. The van der Waals surface area contributed by atoms with Gasteiger partial charge in [0.25, 0.3) is 5.69 Å². The van der Waals surface area contributed by atoms with Crippen molar-refractivity contribution in [1.29, 1.82) is 0 Å². The third-order valence-electron chi connectivity index (χ3n) is 2.77. The molecule has 0 bridgehead atoms. The number of thioether (sulfide) groups is 1. The summed E-state index contributed by atoms with van der Waals surface area (Å²) in [4.78, 5) is 23.2. The molecule has 0 fully saturated rings. The monoisotopic (exact) mass is 287 g/mol. The Morgan fingerprint density at radius 1 is 1.20 bits per heavy atom. The minimum Gasteiger partial charge on any atom is -0.293 e. The molecule has 4 nitrogen and oxygen atoms in total. The average Bonchev–Trinajstić information content (AvgIpc) is 2.46. The molecule has 0 N–H and O–H groups in total. The molecule has 0 aliphatic rings. The Hall–Kier alpha value is -2.14. The number of Topliss-reactive ketones (excluding diaryl/α,β-unsaturated/α-hetero) is 1. The number of carbonyl (C=O) groups is 1. The maximum absolute atomic E-state index is 12.0. The highest BCUT2D eigenvalue weighted by molar-refractivity contribution is 8.00. The fourth-order valence-electron chi connectivity index (χ4n) is 1.66. The zero-order chi connectivity index (χ0) is 14.5. The Morgan fingerprint density at radius 2 is 1.90 bits per heavy atom. The van der Waals surface area contributed by atoms with Gasteiger partial charge in [-0.15, -0.1) is 11.8 Å². The van der Waals surface area contributed by atoms with Crippen LogP contribution in [0.5, 0.6) is 0 Å². The summed E-state index contributed by atoms with van der Waals surface area (Å²) in [7, 11) is 0. The van der Waals surface area contributed by atoms with Gasteiger partial charge >= 0.3 is 0 Å². The van der Waals surface area contributed by atoms with Crippen LogP contribution in [0.2, 0.25) is 0 Å². The zero-order valence-corrected chi connectivity index (χ0v) is 11.7. The summed E-state index contributed by atoms with van der Waals surface area (Å²) in [5.41, 5.74) is 1.48. The van der Waals surface area contributed by atoms with E-state index >= 15 is 0 Å².